The van der Waals surface area contributed by atoms with Crippen LogP contribution in [0.1, 0.15) is 32.6 Å². The van der Waals surface area contributed by atoms with Crippen LogP contribution in [0.2, 0.25) is 0 Å². The molecule has 2 unspecified atom stereocenters. The summed E-state index contributed by atoms with van der Waals surface area (Å²) in [6.07, 6.45) is 8.98. The Hall–Kier alpha value is -1.77. The number of fused-ring (bicyclic) bond motifs is 1. The van der Waals surface area contributed by atoms with Crippen molar-refractivity contribution in [3.8, 4) is 0 Å². The van der Waals surface area contributed by atoms with Crippen LogP contribution < -0.4 is 10.6 Å². The van der Waals surface area contributed by atoms with Crippen LogP contribution in [-0.2, 0) is 0 Å². The predicted molar refractivity (Wildman–Crippen MR) is 86.0 cm³/mol. The average Bonchev–Trinajstić information content (AvgIpc) is 2.48. The fraction of sp³-hybridized carbons (Fsp3) is 0.471. The van der Waals surface area contributed by atoms with Gasteiger partial charge in [-0.1, -0.05) is 25.8 Å². The molecule has 1 saturated carbocycles. The molecule has 106 valence electrons. The Morgan fingerprint density at radius 3 is 2.80 bits per heavy atom. The van der Waals surface area contributed by atoms with Crippen molar-refractivity contribution in [3.63, 3.8) is 0 Å². The smallest absolute Gasteiger partial charge is 0.0632 e. The topological polar surface area (TPSA) is 42.2 Å². The lowest BCUT2D eigenvalue weighted by atomic mass is 9.85. The molecule has 2 N–H and O–H groups in total. The van der Waals surface area contributed by atoms with Gasteiger partial charge in [0.25, 0.3) is 0 Å². The van der Waals surface area contributed by atoms with E-state index >= 15 is 0 Å². The number of hydrogen-bond acceptors (Lipinski definition) is 3. The molecule has 3 heteroatoms. The molecule has 1 aromatic carbocycles. The number of benzene rings is 1. The molecule has 1 fully saturated rings. The second kappa shape index (κ2) is 5.31. The summed E-state index contributed by atoms with van der Waals surface area (Å²) in [7, 11) is 2.19. The van der Waals surface area contributed by atoms with E-state index in [1.807, 2.05) is 18.5 Å². The van der Waals surface area contributed by atoms with Crippen LogP contribution in [0, 0.1) is 5.92 Å². The molecule has 0 spiro atoms. The average molecular weight is 269 g/mol. The molecule has 0 saturated heterocycles. The van der Waals surface area contributed by atoms with Gasteiger partial charge in [0.2, 0.25) is 0 Å². The summed E-state index contributed by atoms with van der Waals surface area (Å²) >= 11 is 0. The van der Waals surface area contributed by atoms with Gasteiger partial charge in [0.1, 0.15) is 0 Å². The van der Waals surface area contributed by atoms with E-state index < -0.39 is 0 Å². The summed E-state index contributed by atoms with van der Waals surface area (Å²) < 4.78 is 0. The predicted octanol–water partition coefficient (Wildman–Crippen LogP) is 3.83. The molecule has 0 bridgehead atoms. The first-order chi connectivity index (χ1) is 9.68. The molecule has 2 atom stereocenters. The third-order valence-electron chi connectivity index (χ3n) is 4.78. The zero-order chi connectivity index (χ0) is 14.1. The van der Waals surface area contributed by atoms with Crippen LogP contribution >= 0.6 is 0 Å². The molecular formula is C17H23N3. The zero-order valence-corrected chi connectivity index (χ0v) is 12.3. The standard InChI is InChI=1S/C17H23N3/c1-12-5-3-4-6-15(12)20(2)16-8-7-13-11-19-10-9-14(13)17(16)18/h7-12,15H,3-6,18H2,1-2H3. The Morgan fingerprint density at radius 1 is 1.20 bits per heavy atom. The van der Waals surface area contributed by atoms with E-state index in [0.29, 0.717) is 6.04 Å². The van der Waals surface area contributed by atoms with Crippen molar-refractivity contribution in [3.05, 3.63) is 30.6 Å². The third-order valence-corrected chi connectivity index (χ3v) is 4.78. The van der Waals surface area contributed by atoms with E-state index in [0.717, 1.165) is 28.1 Å². The van der Waals surface area contributed by atoms with E-state index in [1.165, 1.54) is 25.7 Å². The van der Waals surface area contributed by atoms with Gasteiger partial charge in [0, 0.05) is 36.3 Å². The lowest BCUT2D eigenvalue weighted by Crippen LogP contribution is -2.39. The summed E-state index contributed by atoms with van der Waals surface area (Å²) in [6, 6.07) is 6.87. The number of nitrogens with two attached hydrogens (primary N) is 1. The van der Waals surface area contributed by atoms with Crippen molar-refractivity contribution in [2.75, 3.05) is 17.7 Å². The Morgan fingerprint density at radius 2 is 2.00 bits per heavy atom. The maximum atomic E-state index is 6.40. The van der Waals surface area contributed by atoms with Crippen molar-refractivity contribution in [2.24, 2.45) is 5.92 Å². The molecule has 1 aliphatic rings. The highest BCUT2D eigenvalue weighted by molar-refractivity contribution is 5.98. The molecular weight excluding hydrogens is 246 g/mol. The number of nitrogens with zero attached hydrogens (tertiary/aromatic N) is 2. The SMILES string of the molecule is CC1CCCCC1N(C)c1ccc2cnccc2c1N. The quantitative estimate of drug-likeness (QED) is 0.842. The molecule has 1 heterocycles. The number of rotatable bonds is 2. The molecule has 20 heavy (non-hydrogen) atoms. The maximum Gasteiger partial charge on any atom is 0.0632 e. The second-order valence-corrected chi connectivity index (χ2v) is 6.04. The summed E-state index contributed by atoms with van der Waals surface area (Å²) in [5.41, 5.74) is 8.44. The van der Waals surface area contributed by atoms with Crippen molar-refractivity contribution in [1.29, 1.82) is 0 Å². The van der Waals surface area contributed by atoms with E-state index in [-0.39, 0.29) is 0 Å². The van der Waals surface area contributed by atoms with E-state index in [4.69, 9.17) is 5.73 Å². The van der Waals surface area contributed by atoms with Gasteiger partial charge in [0.05, 0.1) is 11.4 Å². The Labute approximate surface area is 120 Å². The molecule has 0 aliphatic heterocycles. The van der Waals surface area contributed by atoms with Crippen LogP contribution in [0.5, 0.6) is 0 Å². The second-order valence-electron chi connectivity index (χ2n) is 6.04. The lowest BCUT2D eigenvalue weighted by Gasteiger charge is -2.38. The zero-order valence-electron chi connectivity index (χ0n) is 12.3. The first-order valence-corrected chi connectivity index (χ1v) is 7.53. The molecule has 3 rings (SSSR count). The first-order valence-electron chi connectivity index (χ1n) is 7.53. The van der Waals surface area contributed by atoms with Crippen LogP contribution in [0.3, 0.4) is 0 Å². The van der Waals surface area contributed by atoms with Gasteiger partial charge in [0.15, 0.2) is 0 Å². The number of aromatic nitrogens is 1. The Balaban J connectivity index is 1.98. The monoisotopic (exact) mass is 269 g/mol. The van der Waals surface area contributed by atoms with Crippen molar-refractivity contribution in [1.82, 2.24) is 4.98 Å². The summed E-state index contributed by atoms with van der Waals surface area (Å²) in [5, 5.41) is 2.21. The van der Waals surface area contributed by atoms with Crippen molar-refractivity contribution in [2.45, 2.75) is 38.6 Å². The summed E-state index contributed by atoms with van der Waals surface area (Å²) in [6.45, 7) is 2.36. The first kappa shape index (κ1) is 13.2. The molecule has 0 radical (unpaired) electrons. The van der Waals surface area contributed by atoms with Gasteiger partial charge in [-0.05, 0) is 30.9 Å². The molecule has 3 nitrogen and oxygen atoms in total. The Kier molecular flexibility index (Phi) is 3.51. The number of anilines is 2. The van der Waals surface area contributed by atoms with Crippen molar-refractivity contribution < 1.29 is 0 Å². The van der Waals surface area contributed by atoms with Gasteiger partial charge in [-0.3, -0.25) is 4.98 Å². The van der Waals surface area contributed by atoms with E-state index in [2.05, 4.69) is 36.0 Å². The molecule has 0 amide bonds. The van der Waals surface area contributed by atoms with E-state index in [9.17, 15) is 0 Å². The molecule has 1 aliphatic carbocycles. The van der Waals surface area contributed by atoms with Gasteiger partial charge in [-0.2, -0.15) is 0 Å². The highest BCUT2D eigenvalue weighted by Crippen LogP contribution is 2.35. The molecule has 1 aromatic heterocycles. The summed E-state index contributed by atoms with van der Waals surface area (Å²) in [5.74, 6) is 0.737. The van der Waals surface area contributed by atoms with Crippen LogP contribution in [0.15, 0.2) is 30.6 Å². The van der Waals surface area contributed by atoms with Gasteiger partial charge in [-0.25, -0.2) is 0 Å². The molecule has 2 aromatic rings. The largest absolute Gasteiger partial charge is 0.397 e. The van der Waals surface area contributed by atoms with Crippen LogP contribution in [-0.4, -0.2) is 18.1 Å². The van der Waals surface area contributed by atoms with Gasteiger partial charge >= 0.3 is 0 Å². The highest BCUT2D eigenvalue weighted by Gasteiger charge is 2.26. The third kappa shape index (κ3) is 2.21. The van der Waals surface area contributed by atoms with Crippen LogP contribution in [0.25, 0.3) is 10.8 Å². The summed E-state index contributed by atoms with van der Waals surface area (Å²) in [4.78, 5) is 6.55. The van der Waals surface area contributed by atoms with E-state index in [1.54, 1.807) is 0 Å². The van der Waals surface area contributed by atoms with Crippen molar-refractivity contribution >= 4 is 22.1 Å². The number of hydrogen-bond donors (Lipinski definition) is 1. The van der Waals surface area contributed by atoms with Gasteiger partial charge < -0.3 is 10.6 Å². The number of nitrogen functional groups attached to an aromatic ring is 1. The van der Waals surface area contributed by atoms with Gasteiger partial charge in [-0.15, -0.1) is 0 Å². The minimum absolute atomic E-state index is 0.602. The fourth-order valence-electron chi connectivity index (χ4n) is 3.54. The van der Waals surface area contributed by atoms with Crippen LogP contribution in [0.4, 0.5) is 11.4 Å². The fourth-order valence-corrected chi connectivity index (χ4v) is 3.54. The Bertz CT molecular complexity index is 608. The lowest BCUT2D eigenvalue weighted by molar-refractivity contribution is 0.322. The minimum Gasteiger partial charge on any atom is -0.397 e. The normalized spacial score (nSPS) is 22.9. The highest BCUT2D eigenvalue weighted by atomic mass is 15.1. The maximum absolute atomic E-state index is 6.40. The minimum atomic E-state index is 0.602. The number of pyridine rings is 1.